The first-order chi connectivity index (χ1) is 8.45. The van der Waals surface area contributed by atoms with Crippen LogP contribution in [-0.4, -0.2) is 18.4 Å². The molecule has 3 nitrogen and oxygen atoms in total. The number of hydrogen-bond acceptors (Lipinski definition) is 3. The third-order valence-corrected chi connectivity index (χ3v) is 3.00. The van der Waals surface area contributed by atoms with Gasteiger partial charge in [0.15, 0.2) is 5.78 Å². The number of rotatable bonds is 5. The Morgan fingerprint density at radius 1 is 1.00 bits per heavy atom. The van der Waals surface area contributed by atoms with E-state index in [0.717, 1.165) is 11.1 Å². The monoisotopic (exact) mass is 248 g/mol. The van der Waals surface area contributed by atoms with Crippen LogP contribution < -0.4 is 0 Å². The summed E-state index contributed by atoms with van der Waals surface area (Å²) in [5.74, 6) is -0.309. The summed E-state index contributed by atoms with van der Waals surface area (Å²) >= 11 is 0. The average Bonchev–Trinajstić information content (AvgIpc) is 2.31. The SMILES string of the molecule is CCOC(=O)CCC(=O)c1cc(C)c(C)cc1C. The topological polar surface area (TPSA) is 43.4 Å². The summed E-state index contributed by atoms with van der Waals surface area (Å²) in [6.07, 6.45) is 0.362. The molecule has 1 aromatic rings. The second-order valence-electron chi connectivity index (χ2n) is 4.48. The molecule has 0 atom stereocenters. The zero-order valence-electron chi connectivity index (χ0n) is 11.5. The molecule has 0 aliphatic heterocycles. The van der Waals surface area contributed by atoms with Gasteiger partial charge >= 0.3 is 5.97 Å². The highest BCUT2D eigenvalue weighted by atomic mass is 16.5. The van der Waals surface area contributed by atoms with Crippen molar-refractivity contribution in [2.45, 2.75) is 40.5 Å². The quantitative estimate of drug-likeness (QED) is 0.594. The van der Waals surface area contributed by atoms with Crippen molar-refractivity contribution in [1.29, 1.82) is 0 Å². The highest BCUT2D eigenvalue weighted by Gasteiger charge is 2.13. The summed E-state index contributed by atoms with van der Waals surface area (Å²) in [4.78, 5) is 23.2. The van der Waals surface area contributed by atoms with E-state index in [9.17, 15) is 9.59 Å². The lowest BCUT2D eigenvalue weighted by molar-refractivity contribution is -0.143. The van der Waals surface area contributed by atoms with Crippen molar-refractivity contribution < 1.29 is 14.3 Å². The number of carbonyl (C=O) groups excluding carboxylic acids is 2. The van der Waals surface area contributed by atoms with Gasteiger partial charge in [0.25, 0.3) is 0 Å². The van der Waals surface area contributed by atoms with Gasteiger partial charge in [-0.15, -0.1) is 0 Å². The smallest absolute Gasteiger partial charge is 0.306 e. The summed E-state index contributed by atoms with van der Waals surface area (Å²) in [5.41, 5.74) is 3.95. The molecule has 0 aromatic heterocycles. The first-order valence-corrected chi connectivity index (χ1v) is 6.22. The Hall–Kier alpha value is -1.64. The number of Topliss-reactive ketones (excluding diaryl/α,β-unsaturated/α-hetero) is 1. The van der Waals surface area contributed by atoms with Gasteiger partial charge in [0.1, 0.15) is 0 Å². The van der Waals surface area contributed by atoms with Gasteiger partial charge in [-0.1, -0.05) is 6.07 Å². The molecule has 0 unspecified atom stereocenters. The fourth-order valence-electron chi connectivity index (χ4n) is 1.84. The molecule has 0 spiro atoms. The minimum Gasteiger partial charge on any atom is -0.466 e. The van der Waals surface area contributed by atoms with Crippen LogP contribution in [0.4, 0.5) is 0 Å². The third kappa shape index (κ3) is 3.69. The molecule has 98 valence electrons. The van der Waals surface area contributed by atoms with Crippen LogP contribution in [0, 0.1) is 20.8 Å². The van der Waals surface area contributed by atoms with Crippen LogP contribution in [0.3, 0.4) is 0 Å². The van der Waals surface area contributed by atoms with Gasteiger partial charge in [-0.05, 0) is 50.5 Å². The first-order valence-electron chi connectivity index (χ1n) is 6.22. The van der Waals surface area contributed by atoms with Gasteiger partial charge in [0, 0.05) is 12.0 Å². The van der Waals surface area contributed by atoms with Crippen molar-refractivity contribution >= 4 is 11.8 Å². The minimum atomic E-state index is -0.313. The van der Waals surface area contributed by atoms with Gasteiger partial charge in [-0.25, -0.2) is 0 Å². The molecular formula is C15H20O3. The molecule has 0 fully saturated rings. The van der Waals surface area contributed by atoms with E-state index in [0.29, 0.717) is 12.2 Å². The van der Waals surface area contributed by atoms with Crippen LogP contribution in [0.15, 0.2) is 12.1 Å². The number of ketones is 1. The maximum atomic E-state index is 12.0. The molecule has 0 N–H and O–H groups in total. The number of hydrogen-bond donors (Lipinski definition) is 0. The van der Waals surface area contributed by atoms with Crippen LogP contribution in [0.25, 0.3) is 0 Å². The van der Waals surface area contributed by atoms with Crippen molar-refractivity contribution in [3.05, 3.63) is 34.4 Å². The van der Waals surface area contributed by atoms with E-state index >= 15 is 0 Å². The Morgan fingerprint density at radius 3 is 2.22 bits per heavy atom. The summed E-state index contributed by atoms with van der Waals surface area (Å²) in [6, 6.07) is 3.91. The van der Waals surface area contributed by atoms with Gasteiger partial charge in [0.05, 0.1) is 13.0 Å². The zero-order chi connectivity index (χ0) is 13.7. The lowest BCUT2D eigenvalue weighted by Crippen LogP contribution is -2.09. The van der Waals surface area contributed by atoms with E-state index in [-0.39, 0.29) is 24.6 Å². The van der Waals surface area contributed by atoms with Crippen LogP contribution in [-0.2, 0) is 9.53 Å². The standard InChI is InChI=1S/C15H20O3/c1-5-18-15(17)7-6-14(16)13-9-11(3)10(2)8-12(13)4/h8-9H,5-7H2,1-4H3. The van der Waals surface area contributed by atoms with Crippen LogP contribution in [0.2, 0.25) is 0 Å². The van der Waals surface area contributed by atoms with E-state index in [1.54, 1.807) is 6.92 Å². The lowest BCUT2D eigenvalue weighted by Gasteiger charge is -2.08. The summed E-state index contributed by atoms with van der Waals surface area (Å²) in [6.45, 7) is 8.04. The summed E-state index contributed by atoms with van der Waals surface area (Å²) < 4.78 is 4.81. The fraction of sp³-hybridized carbons (Fsp3) is 0.467. The fourth-order valence-corrected chi connectivity index (χ4v) is 1.84. The average molecular weight is 248 g/mol. The van der Waals surface area contributed by atoms with Crippen LogP contribution in [0.1, 0.15) is 46.8 Å². The Labute approximate surface area is 108 Å². The molecule has 0 aliphatic carbocycles. The predicted molar refractivity (Wildman–Crippen MR) is 70.9 cm³/mol. The van der Waals surface area contributed by atoms with Gasteiger partial charge in [-0.2, -0.15) is 0 Å². The second-order valence-corrected chi connectivity index (χ2v) is 4.48. The van der Waals surface area contributed by atoms with Gasteiger partial charge < -0.3 is 4.74 Å². The zero-order valence-corrected chi connectivity index (χ0v) is 11.5. The van der Waals surface area contributed by atoms with Crippen LogP contribution in [0.5, 0.6) is 0 Å². The van der Waals surface area contributed by atoms with Crippen molar-refractivity contribution in [1.82, 2.24) is 0 Å². The van der Waals surface area contributed by atoms with E-state index in [4.69, 9.17) is 4.74 Å². The molecule has 1 rings (SSSR count). The molecular weight excluding hydrogens is 228 g/mol. The highest BCUT2D eigenvalue weighted by Crippen LogP contribution is 2.17. The van der Waals surface area contributed by atoms with Crippen molar-refractivity contribution in [3.63, 3.8) is 0 Å². The Bertz CT molecular complexity index is 461. The van der Waals surface area contributed by atoms with Crippen molar-refractivity contribution in [2.24, 2.45) is 0 Å². The lowest BCUT2D eigenvalue weighted by atomic mass is 9.96. The van der Waals surface area contributed by atoms with E-state index in [1.807, 2.05) is 32.9 Å². The van der Waals surface area contributed by atoms with Crippen LogP contribution >= 0.6 is 0 Å². The molecule has 0 heterocycles. The maximum absolute atomic E-state index is 12.0. The number of esters is 1. The maximum Gasteiger partial charge on any atom is 0.306 e. The molecule has 3 heteroatoms. The highest BCUT2D eigenvalue weighted by molar-refractivity contribution is 5.99. The Kier molecular flexibility index (Phi) is 5.08. The normalized spacial score (nSPS) is 10.2. The molecule has 18 heavy (non-hydrogen) atoms. The molecule has 0 aliphatic rings. The van der Waals surface area contributed by atoms with Gasteiger partial charge in [0.2, 0.25) is 0 Å². The number of ether oxygens (including phenoxy) is 1. The minimum absolute atomic E-state index is 0.00338. The first kappa shape index (κ1) is 14.4. The third-order valence-electron chi connectivity index (χ3n) is 3.00. The Balaban J connectivity index is 2.73. The summed E-state index contributed by atoms with van der Waals surface area (Å²) in [7, 11) is 0. The molecule has 0 saturated carbocycles. The van der Waals surface area contributed by atoms with E-state index in [1.165, 1.54) is 5.56 Å². The number of benzene rings is 1. The van der Waals surface area contributed by atoms with Crippen molar-refractivity contribution in [3.8, 4) is 0 Å². The largest absolute Gasteiger partial charge is 0.466 e. The van der Waals surface area contributed by atoms with Gasteiger partial charge in [-0.3, -0.25) is 9.59 Å². The van der Waals surface area contributed by atoms with E-state index < -0.39 is 0 Å². The van der Waals surface area contributed by atoms with Crippen molar-refractivity contribution in [2.75, 3.05) is 6.61 Å². The predicted octanol–water partition coefficient (Wildman–Crippen LogP) is 3.14. The number of aryl methyl sites for hydroxylation is 3. The Morgan fingerprint density at radius 2 is 1.61 bits per heavy atom. The number of carbonyl (C=O) groups is 2. The second kappa shape index (κ2) is 6.34. The summed E-state index contributed by atoms with van der Waals surface area (Å²) in [5, 5.41) is 0. The molecule has 0 bridgehead atoms. The molecule has 0 amide bonds. The molecule has 0 radical (unpaired) electrons. The van der Waals surface area contributed by atoms with E-state index in [2.05, 4.69) is 0 Å². The molecule has 1 aromatic carbocycles. The molecule has 0 saturated heterocycles.